The first-order valence-electron chi connectivity index (χ1n) is 6.12. The van der Waals surface area contributed by atoms with Gasteiger partial charge in [-0.15, -0.1) is 0 Å². The van der Waals surface area contributed by atoms with E-state index in [0.29, 0.717) is 12.5 Å². The van der Waals surface area contributed by atoms with E-state index >= 15 is 0 Å². The fourth-order valence-corrected chi connectivity index (χ4v) is 2.52. The molecule has 1 aliphatic rings. The van der Waals surface area contributed by atoms with Crippen molar-refractivity contribution in [3.05, 3.63) is 24.0 Å². The first-order chi connectivity index (χ1) is 8.11. The van der Waals surface area contributed by atoms with Crippen LogP contribution in [-0.4, -0.2) is 46.1 Å². The van der Waals surface area contributed by atoms with E-state index in [2.05, 4.69) is 11.8 Å². The molecular weight excluding hydrogens is 216 g/mol. The highest BCUT2D eigenvalue weighted by Crippen LogP contribution is 2.23. The number of hydrogen-bond donors (Lipinski definition) is 1. The van der Waals surface area contributed by atoms with Crippen molar-refractivity contribution in [2.75, 3.05) is 19.7 Å². The molecular formula is C13H20N2O2. The third kappa shape index (κ3) is 2.58. The Hall–Kier alpha value is -1.13. The van der Waals surface area contributed by atoms with Gasteiger partial charge in [0.1, 0.15) is 0 Å². The van der Waals surface area contributed by atoms with E-state index in [4.69, 9.17) is 0 Å². The normalized spacial score (nSPS) is 25.4. The molecule has 0 bridgehead atoms. The van der Waals surface area contributed by atoms with Crippen molar-refractivity contribution in [2.45, 2.75) is 19.4 Å². The zero-order valence-electron chi connectivity index (χ0n) is 10.5. The first-order valence-corrected chi connectivity index (χ1v) is 6.12. The molecule has 1 N–H and O–H groups in total. The molecule has 2 atom stereocenters. The second-order valence-corrected chi connectivity index (χ2v) is 4.98. The van der Waals surface area contributed by atoms with Crippen LogP contribution in [0.15, 0.2) is 18.5 Å². The van der Waals surface area contributed by atoms with Crippen LogP contribution >= 0.6 is 0 Å². The highest BCUT2D eigenvalue weighted by Gasteiger charge is 2.31. The Morgan fingerprint density at radius 1 is 1.59 bits per heavy atom. The van der Waals surface area contributed by atoms with Crippen molar-refractivity contribution in [2.24, 2.45) is 13.0 Å². The molecule has 2 rings (SSSR count). The van der Waals surface area contributed by atoms with E-state index in [1.807, 2.05) is 30.1 Å². The van der Waals surface area contributed by atoms with Gasteiger partial charge in [0.2, 0.25) is 0 Å². The van der Waals surface area contributed by atoms with Crippen LogP contribution < -0.4 is 0 Å². The third-order valence-corrected chi connectivity index (χ3v) is 3.69. The Balaban J connectivity index is 1.99. The predicted octanol–water partition coefficient (Wildman–Crippen LogP) is 0.911. The second kappa shape index (κ2) is 5.02. The van der Waals surface area contributed by atoms with Crippen molar-refractivity contribution >= 4 is 5.78 Å². The highest BCUT2D eigenvalue weighted by atomic mass is 16.3. The fourth-order valence-electron chi connectivity index (χ4n) is 2.52. The maximum absolute atomic E-state index is 12.0. The largest absolute Gasteiger partial charge is 0.395 e. The summed E-state index contributed by atoms with van der Waals surface area (Å²) in [5.41, 5.74) is 0.753. The smallest absolute Gasteiger partial charge is 0.178 e. The lowest BCUT2D eigenvalue weighted by Gasteiger charge is -2.23. The summed E-state index contributed by atoms with van der Waals surface area (Å²) in [6.45, 7) is 3.60. The number of nitrogens with zero attached hydrogens (tertiary/aromatic N) is 2. The molecule has 1 fully saturated rings. The van der Waals surface area contributed by atoms with Crippen molar-refractivity contribution in [1.82, 2.24) is 9.47 Å². The maximum atomic E-state index is 12.0. The highest BCUT2D eigenvalue weighted by molar-refractivity contribution is 5.97. The van der Waals surface area contributed by atoms with Crippen molar-refractivity contribution < 1.29 is 9.90 Å². The number of carbonyl (C=O) groups excluding carboxylic acids is 1. The Morgan fingerprint density at radius 3 is 2.94 bits per heavy atom. The van der Waals surface area contributed by atoms with Gasteiger partial charge in [-0.3, -0.25) is 9.69 Å². The number of hydrogen-bond acceptors (Lipinski definition) is 3. The van der Waals surface area contributed by atoms with Gasteiger partial charge in [-0.05, 0) is 24.9 Å². The maximum Gasteiger partial charge on any atom is 0.178 e. The molecule has 0 spiro atoms. The van der Waals surface area contributed by atoms with Gasteiger partial charge in [0.15, 0.2) is 5.78 Å². The van der Waals surface area contributed by atoms with E-state index < -0.39 is 0 Å². The molecule has 0 amide bonds. The minimum Gasteiger partial charge on any atom is -0.395 e. The van der Waals surface area contributed by atoms with Crippen LogP contribution in [0.1, 0.15) is 23.7 Å². The van der Waals surface area contributed by atoms with Crippen molar-refractivity contribution in [3.8, 4) is 0 Å². The molecule has 2 heterocycles. The number of aromatic nitrogens is 1. The van der Waals surface area contributed by atoms with Crippen molar-refractivity contribution in [1.29, 1.82) is 0 Å². The van der Waals surface area contributed by atoms with Crippen LogP contribution in [0.3, 0.4) is 0 Å². The molecule has 94 valence electrons. The molecule has 0 radical (unpaired) electrons. The van der Waals surface area contributed by atoms with Gasteiger partial charge >= 0.3 is 0 Å². The summed E-state index contributed by atoms with van der Waals surface area (Å²) >= 11 is 0. The summed E-state index contributed by atoms with van der Waals surface area (Å²) in [6, 6.07) is 1.98. The average molecular weight is 236 g/mol. The zero-order chi connectivity index (χ0) is 12.4. The molecule has 1 saturated heterocycles. The van der Waals surface area contributed by atoms with E-state index in [1.165, 1.54) is 0 Å². The molecule has 1 aromatic rings. The van der Waals surface area contributed by atoms with Gasteiger partial charge in [0.25, 0.3) is 0 Å². The number of likely N-dealkylation sites (tertiary alicyclic amines) is 1. The second-order valence-electron chi connectivity index (χ2n) is 4.98. The first kappa shape index (κ1) is 12.3. The van der Waals surface area contributed by atoms with E-state index in [0.717, 1.165) is 18.5 Å². The van der Waals surface area contributed by atoms with Gasteiger partial charge < -0.3 is 9.67 Å². The van der Waals surface area contributed by atoms with Crippen LogP contribution in [0.4, 0.5) is 0 Å². The third-order valence-electron chi connectivity index (χ3n) is 3.69. The number of rotatable bonds is 4. The van der Waals surface area contributed by atoms with Crippen LogP contribution in [0.25, 0.3) is 0 Å². The lowest BCUT2D eigenvalue weighted by atomic mass is 10.0. The van der Waals surface area contributed by atoms with Gasteiger partial charge in [-0.2, -0.15) is 0 Å². The number of ketones is 1. The van der Waals surface area contributed by atoms with Crippen molar-refractivity contribution in [3.63, 3.8) is 0 Å². The van der Waals surface area contributed by atoms with Crippen LogP contribution in [0, 0.1) is 5.92 Å². The van der Waals surface area contributed by atoms with Gasteiger partial charge in [-0.1, -0.05) is 6.92 Å². The molecule has 0 saturated carbocycles. The zero-order valence-corrected chi connectivity index (χ0v) is 10.5. The SMILES string of the molecule is CC1CCN(CC(=O)c2ccn(C)c2)C1CO. The summed E-state index contributed by atoms with van der Waals surface area (Å²) in [4.78, 5) is 14.1. The standard InChI is InChI=1S/C13H20N2O2/c1-10-3-6-15(12(10)9-16)8-13(17)11-4-5-14(2)7-11/h4-5,7,10,12,16H,3,6,8-9H2,1-2H3. The Kier molecular flexibility index (Phi) is 3.64. The quantitative estimate of drug-likeness (QED) is 0.790. The molecule has 17 heavy (non-hydrogen) atoms. The minimum atomic E-state index is 0.137. The Bertz CT molecular complexity index is 400. The average Bonchev–Trinajstić information content (AvgIpc) is 2.86. The summed E-state index contributed by atoms with van der Waals surface area (Å²) in [5.74, 6) is 0.613. The number of aryl methyl sites for hydroxylation is 1. The van der Waals surface area contributed by atoms with Gasteiger partial charge in [0.05, 0.1) is 13.2 Å². The molecule has 0 aliphatic carbocycles. The van der Waals surface area contributed by atoms with E-state index in [9.17, 15) is 9.90 Å². The van der Waals surface area contributed by atoms with Crippen LogP contribution in [0.5, 0.6) is 0 Å². The monoisotopic (exact) mass is 236 g/mol. The predicted molar refractivity (Wildman–Crippen MR) is 66.0 cm³/mol. The molecule has 0 aromatic carbocycles. The lowest BCUT2D eigenvalue weighted by molar-refractivity contribution is 0.0866. The van der Waals surface area contributed by atoms with E-state index in [-0.39, 0.29) is 18.4 Å². The summed E-state index contributed by atoms with van der Waals surface area (Å²) in [6.07, 6.45) is 4.78. The van der Waals surface area contributed by atoms with Gasteiger partial charge in [0, 0.05) is 31.0 Å². The number of Topliss-reactive ketones (excluding diaryl/α,β-unsaturated/α-hetero) is 1. The lowest BCUT2D eigenvalue weighted by Crippen LogP contribution is -2.38. The molecule has 1 aliphatic heterocycles. The Morgan fingerprint density at radius 2 is 2.35 bits per heavy atom. The molecule has 1 aromatic heterocycles. The minimum absolute atomic E-state index is 0.137. The molecule has 4 heteroatoms. The van der Waals surface area contributed by atoms with E-state index in [1.54, 1.807) is 0 Å². The summed E-state index contributed by atoms with van der Waals surface area (Å²) in [7, 11) is 1.91. The number of carbonyl (C=O) groups is 1. The summed E-state index contributed by atoms with van der Waals surface area (Å²) in [5, 5.41) is 9.34. The molecule has 2 unspecified atom stereocenters. The molecule has 4 nitrogen and oxygen atoms in total. The Labute approximate surface area is 102 Å². The van der Waals surface area contributed by atoms with Gasteiger partial charge in [-0.25, -0.2) is 0 Å². The fraction of sp³-hybridized carbons (Fsp3) is 0.615. The van der Waals surface area contributed by atoms with Crippen LogP contribution in [-0.2, 0) is 7.05 Å². The summed E-state index contributed by atoms with van der Waals surface area (Å²) < 4.78 is 1.88. The number of aliphatic hydroxyl groups excluding tert-OH is 1. The number of aliphatic hydroxyl groups is 1. The topological polar surface area (TPSA) is 45.5 Å². The van der Waals surface area contributed by atoms with Crippen LogP contribution in [0.2, 0.25) is 0 Å².